The highest BCUT2D eigenvalue weighted by atomic mass is 35.5. The van der Waals surface area contributed by atoms with Crippen LogP contribution in [0, 0.1) is 5.82 Å². The van der Waals surface area contributed by atoms with Gasteiger partial charge >= 0.3 is 0 Å². The Morgan fingerprint density at radius 2 is 1.90 bits per heavy atom. The Hall–Kier alpha value is -1.78. The van der Waals surface area contributed by atoms with Crippen LogP contribution in [0.3, 0.4) is 0 Å². The molecule has 0 aliphatic carbocycles. The van der Waals surface area contributed by atoms with Crippen molar-refractivity contribution in [1.29, 1.82) is 0 Å². The topological polar surface area (TPSA) is 44.5 Å². The van der Waals surface area contributed by atoms with Gasteiger partial charge in [0.05, 0.1) is 0 Å². The quantitative estimate of drug-likeness (QED) is 0.944. The number of benzene rings is 2. The molecule has 1 aliphatic heterocycles. The largest absolute Gasteiger partial charge is 0.486 e. The van der Waals surface area contributed by atoms with Gasteiger partial charge in [-0.3, -0.25) is 0 Å². The van der Waals surface area contributed by atoms with Gasteiger partial charge in [-0.15, -0.1) is 0 Å². The molecule has 0 saturated heterocycles. The van der Waals surface area contributed by atoms with E-state index in [0.717, 1.165) is 5.56 Å². The van der Waals surface area contributed by atoms with Gasteiger partial charge in [-0.25, -0.2) is 4.39 Å². The number of hydrogen-bond acceptors (Lipinski definition) is 3. The normalized spacial score (nSPS) is 14.8. The van der Waals surface area contributed by atoms with E-state index in [4.69, 9.17) is 26.8 Å². The molecule has 21 heavy (non-hydrogen) atoms. The lowest BCUT2D eigenvalue weighted by Crippen LogP contribution is -2.18. The summed E-state index contributed by atoms with van der Waals surface area (Å²) in [6, 6.07) is 9.80. The first kappa shape index (κ1) is 14.2. The number of hydrogen-bond donors (Lipinski definition) is 1. The van der Waals surface area contributed by atoms with Crippen LogP contribution in [-0.2, 0) is 6.42 Å². The zero-order valence-electron chi connectivity index (χ0n) is 11.3. The molecule has 110 valence electrons. The molecule has 2 aromatic carbocycles. The van der Waals surface area contributed by atoms with Crippen LogP contribution in [0.2, 0.25) is 5.02 Å². The predicted molar refractivity (Wildman–Crippen MR) is 79.5 cm³/mol. The molecular formula is C16H15ClFNO2. The lowest BCUT2D eigenvalue weighted by molar-refractivity contribution is 0.171. The highest BCUT2D eigenvalue weighted by molar-refractivity contribution is 6.31. The van der Waals surface area contributed by atoms with Crippen molar-refractivity contribution in [2.75, 3.05) is 13.2 Å². The summed E-state index contributed by atoms with van der Waals surface area (Å²) in [5, 5.41) is 0.392. The Kier molecular flexibility index (Phi) is 3.99. The summed E-state index contributed by atoms with van der Waals surface area (Å²) in [6.45, 7) is 1.06. The number of rotatable bonds is 3. The summed E-state index contributed by atoms with van der Waals surface area (Å²) < 4.78 is 24.8. The zero-order valence-corrected chi connectivity index (χ0v) is 12.1. The van der Waals surface area contributed by atoms with Gasteiger partial charge in [0.25, 0.3) is 0 Å². The smallest absolute Gasteiger partial charge is 0.161 e. The van der Waals surface area contributed by atoms with Crippen molar-refractivity contribution in [2.24, 2.45) is 5.73 Å². The minimum absolute atomic E-state index is 0.325. The molecule has 3 rings (SSSR count). The Bertz CT molecular complexity index is 642. The molecule has 2 aromatic rings. The Morgan fingerprint density at radius 3 is 2.67 bits per heavy atom. The second-order valence-corrected chi connectivity index (χ2v) is 5.32. The molecule has 5 heteroatoms. The van der Waals surface area contributed by atoms with E-state index >= 15 is 0 Å². The van der Waals surface area contributed by atoms with Crippen molar-refractivity contribution >= 4 is 11.6 Å². The van der Waals surface area contributed by atoms with Gasteiger partial charge in [-0.1, -0.05) is 23.7 Å². The SMILES string of the molecule is NC(Cc1c(F)cccc1Cl)c1ccc2c(c1)OCCO2. The fourth-order valence-electron chi connectivity index (χ4n) is 2.36. The summed E-state index contributed by atoms with van der Waals surface area (Å²) in [4.78, 5) is 0. The van der Waals surface area contributed by atoms with E-state index < -0.39 is 0 Å². The lowest BCUT2D eigenvalue weighted by Gasteiger charge is -2.21. The minimum Gasteiger partial charge on any atom is -0.486 e. The van der Waals surface area contributed by atoms with Crippen LogP contribution in [0.1, 0.15) is 17.2 Å². The van der Waals surface area contributed by atoms with Crippen molar-refractivity contribution in [1.82, 2.24) is 0 Å². The first-order chi connectivity index (χ1) is 10.1. The van der Waals surface area contributed by atoms with Crippen LogP contribution in [0.25, 0.3) is 0 Å². The van der Waals surface area contributed by atoms with Crippen LogP contribution in [0.15, 0.2) is 36.4 Å². The molecule has 0 amide bonds. The first-order valence-electron chi connectivity index (χ1n) is 6.73. The molecule has 0 bridgehead atoms. The molecular weight excluding hydrogens is 293 g/mol. The Balaban J connectivity index is 1.84. The van der Waals surface area contributed by atoms with E-state index in [0.29, 0.717) is 41.7 Å². The molecule has 0 spiro atoms. The standard InChI is InChI=1S/C16H15ClFNO2/c17-12-2-1-3-13(18)11(12)9-14(19)10-4-5-15-16(8-10)21-7-6-20-15/h1-5,8,14H,6-7,9,19H2. The van der Waals surface area contributed by atoms with Crippen molar-refractivity contribution < 1.29 is 13.9 Å². The van der Waals surface area contributed by atoms with Crippen molar-refractivity contribution in [3.63, 3.8) is 0 Å². The predicted octanol–water partition coefficient (Wildman–Crippen LogP) is 3.49. The molecule has 1 unspecified atom stereocenters. The summed E-state index contributed by atoms with van der Waals surface area (Å²) in [6.07, 6.45) is 0.325. The third-order valence-electron chi connectivity index (χ3n) is 3.48. The number of ether oxygens (including phenoxy) is 2. The highest BCUT2D eigenvalue weighted by Gasteiger charge is 2.17. The Labute approximate surface area is 127 Å². The maximum absolute atomic E-state index is 13.8. The number of nitrogens with two attached hydrogens (primary N) is 1. The van der Waals surface area contributed by atoms with Gasteiger partial charge in [-0.2, -0.15) is 0 Å². The van der Waals surface area contributed by atoms with Gasteiger partial charge in [0, 0.05) is 16.6 Å². The van der Waals surface area contributed by atoms with Crippen LogP contribution in [0.4, 0.5) is 4.39 Å². The van der Waals surface area contributed by atoms with E-state index in [1.807, 2.05) is 18.2 Å². The number of halogens is 2. The third kappa shape index (κ3) is 2.96. The average Bonchev–Trinajstić information content (AvgIpc) is 2.50. The van der Waals surface area contributed by atoms with E-state index in [-0.39, 0.29) is 11.9 Å². The lowest BCUT2D eigenvalue weighted by atomic mass is 9.99. The monoisotopic (exact) mass is 307 g/mol. The van der Waals surface area contributed by atoms with Crippen LogP contribution in [0.5, 0.6) is 11.5 Å². The molecule has 1 heterocycles. The van der Waals surface area contributed by atoms with Crippen molar-refractivity contribution in [2.45, 2.75) is 12.5 Å². The average molecular weight is 308 g/mol. The van der Waals surface area contributed by atoms with E-state index in [1.54, 1.807) is 12.1 Å². The van der Waals surface area contributed by atoms with E-state index in [1.165, 1.54) is 6.07 Å². The van der Waals surface area contributed by atoms with Gasteiger partial charge in [0.15, 0.2) is 11.5 Å². The van der Waals surface area contributed by atoms with Crippen molar-refractivity contribution in [3.8, 4) is 11.5 Å². The Morgan fingerprint density at radius 1 is 1.14 bits per heavy atom. The molecule has 0 radical (unpaired) electrons. The summed E-state index contributed by atoms with van der Waals surface area (Å²) >= 11 is 6.04. The molecule has 3 nitrogen and oxygen atoms in total. The molecule has 0 fully saturated rings. The summed E-state index contributed by atoms with van der Waals surface area (Å²) in [5.41, 5.74) is 7.47. The van der Waals surface area contributed by atoms with Crippen LogP contribution in [-0.4, -0.2) is 13.2 Å². The maximum Gasteiger partial charge on any atom is 0.161 e. The highest BCUT2D eigenvalue weighted by Crippen LogP contribution is 2.33. The van der Waals surface area contributed by atoms with Gasteiger partial charge in [-0.05, 0) is 36.2 Å². The van der Waals surface area contributed by atoms with E-state index in [2.05, 4.69) is 0 Å². The maximum atomic E-state index is 13.8. The molecule has 0 saturated carbocycles. The molecule has 1 aliphatic rings. The number of fused-ring (bicyclic) bond motifs is 1. The summed E-state index contributed by atoms with van der Waals surface area (Å²) in [7, 11) is 0. The van der Waals surface area contributed by atoms with Gasteiger partial charge in [0.2, 0.25) is 0 Å². The van der Waals surface area contributed by atoms with E-state index in [9.17, 15) is 4.39 Å². The fourth-order valence-corrected chi connectivity index (χ4v) is 2.60. The molecule has 1 atom stereocenters. The summed E-state index contributed by atoms with van der Waals surface area (Å²) in [5.74, 6) is 1.05. The van der Waals surface area contributed by atoms with Gasteiger partial charge in [0.1, 0.15) is 19.0 Å². The molecule has 0 aromatic heterocycles. The minimum atomic E-state index is -0.366. The molecule has 2 N–H and O–H groups in total. The second kappa shape index (κ2) is 5.92. The zero-order chi connectivity index (χ0) is 14.8. The van der Waals surface area contributed by atoms with Crippen molar-refractivity contribution in [3.05, 3.63) is 58.4 Å². The first-order valence-corrected chi connectivity index (χ1v) is 7.11. The van der Waals surface area contributed by atoms with Gasteiger partial charge < -0.3 is 15.2 Å². The third-order valence-corrected chi connectivity index (χ3v) is 3.83. The fraction of sp³-hybridized carbons (Fsp3) is 0.250. The van der Waals surface area contributed by atoms with Crippen LogP contribution < -0.4 is 15.2 Å². The second-order valence-electron chi connectivity index (χ2n) is 4.91. The van der Waals surface area contributed by atoms with Crippen LogP contribution >= 0.6 is 11.6 Å².